The molecule has 21 heavy (non-hydrogen) atoms. The normalized spacial score (nSPS) is 12.9. The molecule has 1 aromatic rings. The van der Waals surface area contributed by atoms with E-state index in [-0.39, 0.29) is 5.56 Å². The summed E-state index contributed by atoms with van der Waals surface area (Å²) in [6.45, 7) is 0. The first-order valence-corrected chi connectivity index (χ1v) is 8.32. The Balaban J connectivity index is 3.08. The Hall–Kier alpha value is 0.170. The van der Waals surface area contributed by atoms with Gasteiger partial charge in [0, 0.05) is 17.8 Å². The number of esters is 1. The van der Waals surface area contributed by atoms with E-state index in [0.717, 1.165) is 10.7 Å². The van der Waals surface area contributed by atoms with Crippen molar-refractivity contribution in [3.05, 3.63) is 28.4 Å². The van der Waals surface area contributed by atoms with E-state index in [9.17, 15) is 23.5 Å². The van der Waals surface area contributed by atoms with Gasteiger partial charge in [-0.1, -0.05) is 0 Å². The highest BCUT2D eigenvalue weighted by molar-refractivity contribution is 14.1. The molecule has 0 aromatic heterocycles. The van der Waals surface area contributed by atoms with Crippen LogP contribution in [-0.4, -0.2) is 31.3 Å². The van der Waals surface area contributed by atoms with Crippen LogP contribution < -0.4 is 5.11 Å². The fourth-order valence-electron chi connectivity index (χ4n) is 1.23. The highest BCUT2D eigenvalue weighted by Gasteiger charge is 2.45. The zero-order valence-corrected chi connectivity index (χ0v) is 16.6. The number of ether oxygens (including phenoxy) is 2. The molecule has 1 rings (SSSR count). The zero-order chi connectivity index (χ0) is 16.4. The van der Waals surface area contributed by atoms with Crippen LogP contribution in [-0.2, 0) is 14.3 Å². The number of hydrogen-bond acceptors (Lipinski definition) is 5. The number of methoxy groups -OCH3 is 1. The van der Waals surface area contributed by atoms with Crippen molar-refractivity contribution >= 4 is 79.7 Å². The predicted molar refractivity (Wildman–Crippen MR) is 90.8 cm³/mol. The van der Waals surface area contributed by atoms with E-state index in [1.54, 1.807) is 6.07 Å². The Morgan fingerprint density at radius 1 is 1.29 bits per heavy atom. The Morgan fingerprint density at radius 3 is 2.33 bits per heavy atom. The van der Waals surface area contributed by atoms with Gasteiger partial charge in [-0.25, -0.2) is 4.79 Å². The quantitative estimate of drug-likeness (QED) is 0.214. The first kappa shape index (κ1) is 19.2. The van der Waals surface area contributed by atoms with Crippen molar-refractivity contribution < 1.29 is 33.0 Å². The molecule has 0 heterocycles. The maximum absolute atomic E-state index is 13.3. The van der Waals surface area contributed by atoms with E-state index in [4.69, 9.17) is 0 Å². The van der Waals surface area contributed by atoms with Crippen LogP contribution >= 0.6 is 67.8 Å². The van der Waals surface area contributed by atoms with Crippen molar-refractivity contribution in [3.63, 3.8) is 0 Å². The number of alkyl halides is 2. The van der Waals surface area contributed by atoms with Crippen molar-refractivity contribution in [1.82, 2.24) is 0 Å². The number of hydrogen-bond donors (Lipinski definition) is 0. The van der Waals surface area contributed by atoms with Gasteiger partial charge in [0.05, 0.1) is 5.56 Å². The van der Waals surface area contributed by atoms with E-state index < -0.39 is 24.2 Å². The molecule has 0 aliphatic rings. The smallest absolute Gasteiger partial charge is 0.348 e. The van der Waals surface area contributed by atoms with E-state index in [2.05, 4.69) is 9.47 Å². The highest BCUT2D eigenvalue weighted by atomic mass is 127. The summed E-state index contributed by atoms with van der Waals surface area (Å²) in [4.78, 5) is 22.3. The fraction of sp³-hybridized carbons (Fsp3) is 0.273. The van der Waals surface area contributed by atoms with Gasteiger partial charge >= 0.3 is 11.9 Å². The summed E-state index contributed by atoms with van der Waals surface area (Å²) < 4.78 is 37.2. The van der Waals surface area contributed by atoms with Crippen molar-refractivity contribution in [2.75, 3.05) is 7.11 Å². The topological polar surface area (TPSA) is 75.7 Å². The molecule has 0 fully saturated rings. The molecule has 116 valence electrons. The van der Waals surface area contributed by atoms with Gasteiger partial charge in [0.2, 0.25) is 0 Å². The first-order valence-electron chi connectivity index (χ1n) is 5.08. The standard InChI is InChI=1S/C11H7F2I3O5/c1-20-10(11(12,13)9(18)19)21-8(17)5-2-4(14)3-6(15)7(5)16/h2-3,10H,1H3,(H,18,19)/p-1. The van der Waals surface area contributed by atoms with Crippen LogP contribution in [0.2, 0.25) is 0 Å². The fourth-order valence-corrected chi connectivity index (χ4v) is 3.61. The SMILES string of the molecule is COC(OC(=O)c1cc(I)cc(I)c1I)C(F)(F)C(=O)[O-]. The molecule has 0 amide bonds. The number of benzene rings is 1. The van der Waals surface area contributed by atoms with Crippen molar-refractivity contribution in [3.8, 4) is 0 Å². The summed E-state index contributed by atoms with van der Waals surface area (Å²) in [6, 6.07) is 3.22. The minimum absolute atomic E-state index is 0.0445. The third-order valence-corrected chi connectivity index (χ3v) is 5.88. The number of halogens is 5. The number of carbonyl (C=O) groups excluding carboxylic acids is 2. The average Bonchev–Trinajstić information content (AvgIpc) is 2.39. The van der Waals surface area contributed by atoms with Crippen LogP contribution in [0.1, 0.15) is 10.4 Å². The molecule has 0 aliphatic carbocycles. The zero-order valence-electron chi connectivity index (χ0n) is 10.2. The summed E-state index contributed by atoms with van der Waals surface area (Å²) in [5.41, 5.74) is 0.0445. The number of aliphatic carboxylic acids is 1. The van der Waals surface area contributed by atoms with Gasteiger partial charge in [-0.2, -0.15) is 8.78 Å². The third kappa shape index (κ3) is 4.57. The molecule has 0 spiro atoms. The van der Waals surface area contributed by atoms with Gasteiger partial charge in [0.15, 0.2) is 0 Å². The summed E-state index contributed by atoms with van der Waals surface area (Å²) in [5, 5.41) is 10.4. The molecule has 0 aliphatic heterocycles. The minimum atomic E-state index is -4.45. The van der Waals surface area contributed by atoms with E-state index in [0.29, 0.717) is 7.14 Å². The second-order valence-corrected chi connectivity index (χ2v) is 7.12. The Bertz CT molecular complexity index is 579. The second-order valence-electron chi connectivity index (χ2n) is 3.63. The van der Waals surface area contributed by atoms with Crippen LogP contribution in [0, 0.1) is 10.7 Å². The van der Waals surface area contributed by atoms with Crippen molar-refractivity contribution in [2.24, 2.45) is 0 Å². The molecule has 0 saturated heterocycles. The first-order chi connectivity index (χ1) is 9.61. The lowest BCUT2D eigenvalue weighted by Crippen LogP contribution is -2.52. The second kappa shape index (κ2) is 7.63. The monoisotopic (exact) mass is 637 g/mol. The van der Waals surface area contributed by atoms with E-state index in [1.807, 2.05) is 67.8 Å². The molecular weight excluding hydrogens is 631 g/mol. The average molecular weight is 637 g/mol. The van der Waals surface area contributed by atoms with Crippen LogP contribution in [0.3, 0.4) is 0 Å². The number of rotatable bonds is 5. The summed E-state index contributed by atoms with van der Waals surface area (Å²) in [7, 11) is 0.804. The number of carbonyl (C=O) groups is 2. The van der Waals surface area contributed by atoms with Gasteiger partial charge in [0.25, 0.3) is 6.29 Å². The van der Waals surface area contributed by atoms with Gasteiger partial charge < -0.3 is 19.4 Å². The lowest BCUT2D eigenvalue weighted by molar-refractivity contribution is -0.347. The molecule has 10 heteroatoms. The number of carboxylic acids is 1. The molecular formula is C11H6F2I3O5-. The van der Waals surface area contributed by atoms with Crippen LogP contribution in [0.15, 0.2) is 12.1 Å². The van der Waals surface area contributed by atoms with Crippen molar-refractivity contribution in [2.45, 2.75) is 12.2 Å². The Kier molecular flexibility index (Phi) is 6.98. The lowest BCUT2D eigenvalue weighted by Gasteiger charge is -2.25. The van der Waals surface area contributed by atoms with Gasteiger partial charge in [-0.3, -0.25) is 0 Å². The minimum Gasteiger partial charge on any atom is -0.544 e. The summed E-state index contributed by atoms with van der Waals surface area (Å²) >= 11 is 5.79. The lowest BCUT2D eigenvalue weighted by atomic mass is 10.2. The van der Waals surface area contributed by atoms with Gasteiger partial charge in [0.1, 0.15) is 5.97 Å². The van der Waals surface area contributed by atoms with Crippen LogP contribution in [0.25, 0.3) is 0 Å². The maximum Gasteiger partial charge on any atom is 0.348 e. The van der Waals surface area contributed by atoms with Crippen molar-refractivity contribution in [1.29, 1.82) is 0 Å². The predicted octanol–water partition coefficient (Wildman–Crippen LogP) is 2.01. The third-order valence-electron chi connectivity index (χ3n) is 2.21. The van der Waals surface area contributed by atoms with Crippen LogP contribution in [0.4, 0.5) is 8.78 Å². The molecule has 5 nitrogen and oxygen atoms in total. The van der Waals surface area contributed by atoms with Gasteiger partial charge in [-0.05, 0) is 79.9 Å². The summed E-state index contributed by atoms with van der Waals surface area (Å²) in [5.74, 6) is -8.25. The molecule has 1 atom stereocenters. The molecule has 0 N–H and O–H groups in total. The van der Waals surface area contributed by atoms with Crippen LogP contribution in [0.5, 0.6) is 0 Å². The molecule has 1 aromatic carbocycles. The maximum atomic E-state index is 13.3. The molecule has 1 unspecified atom stereocenters. The molecule has 0 bridgehead atoms. The van der Waals surface area contributed by atoms with E-state index >= 15 is 0 Å². The Morgan fingerprint density at radius 2 is 1.86 bits per heavy atom. The molecule has 0 saturated carbocycles. The highest BCUT2D eigenvalue weighted by Crippen LogP contribution is 2.26. The van der Waals surface area contributed by atoms with Gasteiger partial charge in [-0.15, -0.1) is 0 Å². The largest absolute Gasteiger partial charge is 0.544 e. The molecule has 0 radical (unpaired) electrons. The van der Waals surface area contributed by atoms with E-state index in [1.165, 1.54) is 6.07 Å². The summed E-state index contributed by atoms with van der Waals surface area (Å²) in [6.07, 6.45) is -2.57. The number of carboxylic acid groups (broad SMARTS) is 1. The Labute approximate surface area is 159 Å².